The number of ether oxygens (including phenoxy) is 2. The number of hydrogen-bond donors (Lipinski definition) is 1. The molecule has 1 heterocycles. The minimum absolute atomic E-state index is 0.0618. The molecule has 0 bridgehead atoms. The maximum Gasteiger partial charge on any atom is 0.311 e. The van der Waals surface area contributed by atoms with Gasteiger partial charge in [-0.25, -0.2) is 13.8 Å². The minimum Gasteiger partial charge on any atom is -0.481 e. The monoisotopic (exact) mass is 274 g/mol. The zero-order valence-corrected chi connectivity index (χ0v) is 10.8. The Morgan fingerprint density at radius 1 is 1.53 bits per heavy atom. The number of aromatic nitrogens is 1. The van der Waals surface area contributed by atoms with E-state index in [1.165, 1.54) is 13.2 Å². The van der Waals surface area contributed by atoms with Gasteiger partial charge >= 0.3 is 5.97 Å². The van der Waals surface area contributed by atoms with Crippen molar-refractivity contribution in [2.45, 2.75) is 26.3 Å². The summed E-state index contributed by atoms with van der Waals surface area (Å²) in [6, 6.07) is 1.34. The van der Waals surface area contributed by atoms with E-state index in [-0.39, 0.29) is 42.3 Å². The minimum atomic E-state index is -2.76. The molecule has 0 aliphatic heterocycles. The standard InChI is InChI=1S/C12H16F2N2O3/c1-3-19-10(17)5-8-11(12(13)14)7(6-15)4-9(16-8)18-2/h4,12H,3,5-6,15H2,1-2H3. The molecule has 5 nitrogen and oxygen atoms in total. The van der Waals surface area contributed by atoms with Gasteiger partial charge in [-0.1, -0.05) is 0 Å². The molecule has 0 fully saturated rings. The van der Waals surface area contributed by atoms with Crippen molar-refractivity contribution >= 4 is 5.97 Å². The summed E-state index contributed by atoms with van der Waals surface area (Å²) >= 11 is 0. The summed E-state index contributed by atoms with van der Waals surface area (Å²) in [5.41, 5.74) is 5.26. The summed E-state index contributed by atoms with van der Waals surface area (Å²) in [6.45, 7) is 1.72. The summed E-state index contributed by atoms with van der Waals surface area (Å²) in [4.78, 5) is 15.3. The lowest BCUT2D eigenvalue weighted by molar-refractivity contribution is -0.142. The van der Waals surface area contributed by atoms with Crippen molar-refractivity contribution in [1.82, 2.24) is 4.98 Å². The summed E-state index contributed by atoms with van der Waals surface area (Å²) in [5, 5.41) is 0. The smallest absolute Gasteiger partial charge is 0.311 e. The fraction of sp³-hybridized carbons (Fsp3) is 0.500. The number of carbonyl (C=O) groups is 1. The predicted molar refractivity (Wildman–Crippen MR) is 64.0 cm³/mol. The summed E-state index contributed by atoms with van der Waals surface area (Å²) in [7, 11) is 1.36. The Morgan fingerprint density at radius 3 is 2.68 bits per heavy atom. The molecule has 0 spiro atoms. The lowest BCUT2D eigenvalue weighted by atomic mass is 10.0. The van der Waals surface area contributed by atoms with Crippen LogP contribution in [0.2, 0.25) is 0 Å². The normalized spacial score (nSPS) is 10.6. The first kappa shape index (κ1) is 15.3. The second-order valence-electron chi connectivity index (χ2n) is 3.67. The number of halogens is 2. The van der Waals surface area contributed by atoms with Gasteiger partial charge in [0, 0.05) is 18.2 Å². The Labute approximate surface area is 109 Å². The second-order valence-corrected chi connectivity index (χ2v) is 3.67. The highest BCUT2D eigenvalue weighted by Gasteiger charge is 2.22. The number of nitrogens with zero attached hydrogens (tertiary/aromatic N) is 1. The quantitative estimate of drug-likeness (QED) is 0.797. The molecule has 7 heteroatoms. The van der Waals surface area contributed by atoms with Gasteiger partial charge in [-0.15, -0.1) is 0 Å². The van der Waals surface area contributed by atoms with Crippen molar-refractivity contribution in [3.8, 4) is 5.88 Å². The van der Waals surface area contributed by atoms with Crippen LogP contribution in [-0.2, 0) is 22.5 Å². The highest BCUT2D eigenvalue weighted by atomic mass is 19.3. The third-order valence-corrected chi connectivity index (χ3v) is 2.46. The van der Waals surface area contributed by atoms with Gasteiger partial charge in [0.2, 0.25) is 5.88 Å². The molecule has 0 aliphatic rings. The van der Waals surface area contributed by atoms with E-state index in [1.807, 2.05) is 0 Å². The van der Waals surface area contributed by atoms with Crippen LogP contribution in [0.25, 0.3) is 0 Å². The Hall–Kier alpha value is -1.76. The van der Waals surface area contributed by atoms with Gasteiger partial charge in [0.05, 0.1) is 25.8 Å². The second kappa shape index (κ2) is 6.98. The van der Waals surface area contributed by atoms with Crippen LogP contribution in [0.1, 0.15) is 30.2 Å². The fourth-order valence-electron chi connectivity index (χ4n) is 1.66. The van der Waals surface area contributed by atoms with E-state index in [0.29, 0.717) is 0 Å². The van der Waals surface area contributed by atoms with Gasteiger partial charge in [0.25, 0.3) is 6.43 Å². The number of esters is 1. The Morgan fingerprint density at radius 2 is 2.21 bits per heavy atom. The molecule has 0 aromatic carbocycles. The zero-order valence-electron chi connectivity index (χ0n) is 10.8. The zero-order chi connectivity index (χ0) is 14.4. The van der Waals surface area contributed by atoms with Gasteiger partial charge in [0.1, 0.15) is 0 Å². The highest BCUT2D eigenvalue weighted by molar-refractivity contribution is 5.72. The van der Waals surface area contributed by atoms with Crippen LogP contribution in [-0.4, -0.2) is 24.7 Å². The number of carbonyl (C=O) groups excluding carboxylic acids is 1. The predicted octanol–water partition coefficient (Wildman–Crippen LogP) is 1.59. The van der Waals surface area contributed by atoms with Crippen LogP contribution in [0.3, 0.4) is 0 Å². The summed E-state index contributed by atoms with van der Waals surface area (Å²) in [6.07, 6.45) is -3.10. The molecule has 0 saturated carbocycles. The molecular formula is C12H16F2N2O3. The van der Waals surface area contributed by atoms with E-state index in [1.54, 1.807) is 6.92 Å². The van der Waals surface area contributed by atoms with Crippen molar-refractivity contribution in [2.75, 3.05) is 13.7 Å². The van der Waals surface area contributed by atoms with Gasteiger partial charge in [-0.2, -0.15) is 0 Å². The Balaban J connectivity index is 3.21. The fourth-order valence-corrected chi connectivity index (χ4v) is 1.66. The van der Waals surface area contributed by atoms with Crippen LogP contribution in [0.4, 0.5) is 8.78 Å². The number of methoxy groups -OCH3 is 1. The van der Waals surface area contributed by atoms with Crippen molar-refractivity contribution in [3.63, 3.8) is 0 Å². The van der Waals surface area contributed by atoms with E-state index in [2.05, 4.69) is 4.98 Å². The maximum absolute atomic E-state index is 13.1. The lowest BCUT2D eigenvalue weighted by Crippen LogP contribution is -2.14. The number of pyridine rings is 1. The molecule has 1 rings (SSSR count). The number of rotatable bonds is 6. The molecule has 1 aromatic heterocycles. The molecular weight excluding hydrogens is 258 g/mol. The molecule has 0 amide bonds. The average Bonchev–Trinajstić information content (AvgIpc) is 2.37. The first-order chi connectivity index (χ1) is 9.03. The van der Waals surface area contributed by atoms with E-state index >= 15 is 0 Å². The van der Waals surface area contributed by atoms with Crippen LogP contribution < -0.4 is 10.5 Å². The molecule has 0 aliphatic carbocycles. The first-order valence-corrected chi connectivity index (χ1v) is 5.73. The number of hydrogen-bond acceptors (Lipinski definition) is 5. The molecule has 0 radical (unpaired) electrons. The SMILES string of the molecule is CCOC(=O)Cc1nc(OC)cc(CN)c1C(F)F. The van der Waals surface area contributed by atoms with E-state index in [0.717, 1.165) is 0 Å². The highest BCUT2D eigenvalue weighted by Crippen LogP contribution is 2.29. The molecule has 0 unspecified atom stereocenters. The molecule has 1 aromatic rings. The largest absolute Gasteiger partial charge is 0.481 e. The average molecular weight is 274 g/mol. The van der Waals surface area contributed by atoms with Crippen LogP contribution in [0.15, 0.2) is 6.07 Å². The molecule has 106 valence electrons. The van der Waals surface area contributed by atoms with Crippen molar-refractivity contribution in [1.29, 1.82) is 0 Å². The maximum atomic E-state index is 13.1. The topological polar surface area (TPSA) is 74.4 Å². The van der Waals surface area contributed by atoms with E-state index < -0.39 is 12.4 Å². The Bertz CT molecular complexity index is 453. The third kappa shape index (κ3) is 3.85. The molecule has 0 atom stereocenters. The van der Waals surface area contributed by atoms with Crippen molar-refractivity contribution in [2.24, 2.45) is 5.73 Å². The van der Waals surface area contributed by atoms with Gasteiger partial charge in [-0.3, -0.25) is 4.79 Å². The summed E-state index contributed by atoms with van der Waals surface area (Å²) < 4.78 is 35.8. The van der Waals surface area contributed by atoms with Crippen molar-refractivity contribution in [3.05, 3.63) is 22.9 Å². The molecule has 0 saturated heterocycles. The van der Waals surface area contributed by atoms with Crippen LogP contribution >= 0.6 is 0 Å². The third-order valence-electron chi connectivity index (χ3n) is 2.46. The number of nitrogens with two attached hydrogens (primary N) is 1. The van der Waals surface area contributed by atoms with Gasteiger partial charge in [-0.05, 0) is 12.5 Å². The molecule has 19 heavy (non-hydrogen) atoms. The van der Waals surface area contributed by atoms with Gasteiger partial charge < -0.3 is 15.2 Å². The Kier molecular flexibility index (Phi) is 5.62. The first-order valence-electron chi connectivity index (χ1n) is 5.73. The van der Waals surface area contributed by atoms with Crippen molar-refractivity contribution < 1.29 is 23.0 Å². The van der Waals surface area contributed by atoms with E-state index in [9.17, 15) is 13.6 Å². The van der Waals surface area contributed by atoms with Crippen LogP contribution in [0.5, 0.6) is 5.88 Å². The lowest BCUT2D eigenvalue weighted by Gasteiger charge is -2.14. The summed E-state index contributed by atoms with van der Waals surface area (Å²) in [5.74, 6) is -0.475. The van der Waals surface area contributed by atoms with Gasteiger partial charge in [0.15, 0.2) is 0 Å². The number of alkyl halides is 2. The molecule has 2 N–H and O–H groups in total. The van der Waals surface area contributed by atoms with E-state index in [4.69, 9.17) is 15.2 Å². The van der Waals surface area contributed by atoms with Crippen LogP contribution in [0, 0.1) is 0 Å².